The highest BCUT2D eigenvalue weighted by Gasteiger charge is 2.40. The first-order chi connectivity index (χ1) is 13.5. The molecule has 0 radical (unpaired) electrons. The standard InChI is InChI=1S/C20H24N4O4/c1-12-18(14-7-9-24(12)10-8-14)23-19(26)15-3-5-16(6-4-15)27-17-11-21-20(28-17)22-13(2)25/h3-6,11-12,14,18H,7-10H2,1-2H3,(H,23,26)(H,21,22,25). The molecule has 0 aliphatic carbocycles. The molecule has 4 heterocycles. The van der Waals surface area contributed by atoms with Crippen LogP contribution in [0.4, 0.5) is 6.01 Å². The average Bonchev–Trinajstić information content (AvgIpc) is 3.11. The van der Waals surface area contributed by atoms with Gasteiger partial charge in [0.1, 0.15) is 11.9 Å². The van der Waals surface area contributed by atoms with E-state index in [4.69, 9.17) is 9.15 Å². The number of benzene rings is 1. The van der Waals surface area contributed by atoms with Crippen LogP contribution in [0.15, 0.2) is 34.9 Å². The summed E-state index contributed by atoms with van der Waals surface area (Å²) < 4.78 is 10.8. The molecule has 3 aliphatic heterocycles. The minimum absolute atomic E-state index is 0.0650. The monoisotopic (exact) mass is 384 g/mol. The van der Waals surface area contributed by atoms with Gasteiger partial charge in [0.15, 0.2) is 0 Å². The summed E-state index contributed by atoms with van der Waals surface area (Å²) in [6, 6.07) is 7.51. The fourth-order valence-corrected chi connectivity index (χ4v) is 4.09. The van der Waals surface area contributed by atoms with E-state index in [0.29, 0.717) is 23.3 Å². The molecule has 1 aromatic heterocycles. The second-order valence-corrected chi connectivity index (χ2v) is 7.41. The van der Waals surface area contributed by atoms with Crippen LogP contribution in [-0.2, 0) is 4.79 Å². The Morgan fingerprint density at radius 3 is 2.57 bits per heavy atom. The van der Waals surface area contributed by atoms with Crippen molar-refractivity contribution in [2.75, 3.05) is 18.4 Å². The predicted octanol–water partition coefficient (Wildman–Crippen LogP) is 2.64. The smallest absolute Gasteiger partial charge is 0.312 e. The van der Waals surface area contributed by atoms with Crippen molar-refractivity contribution in [2.24, 2.45) is 5.92 Å². The Bertz CT molecular complexity index is 853. The van der Waals surface area contributed by atoms with Crippen LogP contribution in [0.3, 0.4) is 0 Å². The SMILES string of the molecule is CC(=O)Nc1ncc(Oc2ccc(C(=O)NC3C4CCN(CC4)C3C)cc2)o1. The normalized spacial score (nSPS) is 25.9. The zero-order valence-corrected chi connectivity index (χ0v) is 16.0. The third-order valence-corrected chi connectivity index (χ3v) is 5.58. The largest absolute Gasteiger partial charge is 0.425 e. The summed E-state index contributed by atoms with van der Waals surface area (Å²) in [5.41, 5.74) is 0.590. The van der Waals surface area contributed by atoms with Crippen molar-refractivity contribution in [3.8, 4) is 11.7 Å². The van der Waals surface area contributed by atoms with E-state index in [-0.39, 0.29) is 29.8 Å². The molecule has 2 N–H and O–H groups in total. The second-order valence-electron chi connectivity index (χ2n) is 7.41. The molecule has 0 saturated carbocycles. The number of hydrogen-bond acceptors (Lipinski definition) is 6. The van der Waals surface area contributed by atoms with Crippen LogP contribution in [0.1, 0.15) is 37.0 Å². The Morgan fingerprint density at radius 1 is 1.21 bits per heavy atom. The van der Waals surface area contributed by atoms with Crippen molar-refractivity contribution >= 4 is 17.8 Å². The van der Waals surface area contributed by atoms with E-state index < -0.39 is 0 Å². The van der Waals surface area contributed by atoms with E-state index in [2.05, 4.69) is 27.4 Å². The number of ether oxygens (including phenoxy) is 1. The number of nitrogens with zero attached hydrogens (tertiary/aromatic N) is 2. The van der Waals surface area contributed by atoms with Crippen LogP contribution in [0.2, 0.25) is 0 Å². The van der Waals surface area contributed by atoms with Crippen LogP contribution >= 0.6 is 0 Å². The summed E-state index contributed by atoms with van der Waals surface area (Å²) in [5, 5.41) is 5.65. The molecule has 0 spiro atoms. The quantitative estimate of drug-likeness (QED) is 0.823. The Kier molecular flexibility index (Phi) is 5.04. The number of nitrogens with one attached hydrogen (secondary N) is 2. The predicted molar refractivity (Wildman–Crippen MR) is 102 cm³/mol. The van der Waals surface area contributed by atoms with Gasteiger partial charge in [-0.25, -0.2) is 0 Å². The van der Waals surface area contributed by atoms with Gasteiger partial charge in [0.2, 0.25) is 5.91 Å². The number of carbonyl (C=O) groups excluding carboxylic acids is 2. The van der Waals surface area contributed by atoms with E-state index >= 15 is 0 Å². The fourth-order valence-electron chi connectivity index (χ4n) is 4.09. The number of aromatic nitrogens is 1. The average molecular weight is 384 g/mol. The zero-order chi connectivity index (χ0) is 19.7. The minimum atomic E-state index is -0.277. The lowest BCUT2D eigenvalue weighted by atomic mass is 9.79. The maximum atomic E-state index is 12.7. The lowest BCUT2D eigenvalue weighted by Crippen LogP contribution is -2.62. The highest BCUT2D eigenvalue weighted by atomic mass is 16.6. The molecule has 1 aromatic carbocycles. The van der Waals surface area contributed by atoms with Gasteiger partial charge >= 0.3 is 12.0 Å². The molecule has 8 heteroatoms. The van der Waals surface area contributed by atoms with Crippen LogP contribution in [-0.4, -0.2) is 46.9 Å². The van der Waals surface area contributed by atoms with Crippen LogP contribution in [0, 0.1) is 5.92 Å². The maximum Gasteiger partial charge on any atom is 0.312 e. The van der Waals surface area contributed by atoms with E-state index in [1.807, 2.05) is 0 Å². The molecule has 2 unspecified atom stereocenters. The number of oxazole rings is 1. The minimum Gasteiger partial charge on any atom is -0.425 e. The number of amides is 2. The van der Waals surface area contributed by atoms with Crippen molar-refractivity contribution < 1.29 is 18.7 Å². The molecule has 28 heavy (non-hydrogen) atoms. The molecule has 2 amide bonds. The summed E-state index contributed by atoms with van der Waals surface area (Å²) in [6.07, 6.45) is 3.68. The fraction of sp³-hybridized carbons (Fsp3) is 0.450. The first kappa shape index (κ1) is 18.5. The van der Waals surface area contributed by atoms with Gasteiger partial charge in [-0.2, -0.15) is 4.98 Å². The number of hydrogen-bond donors (Lipinski definition) is 2. The van der Waals surface area contributed by atoms with Crippen LogP contribution < -0.4 is 15.4 Å². The second kappa shape index (κ2) is 7.63. The van der Waals surface area contributed by atoms with Crippen LogP contribution in [0.5, 0.6) is 11.7 Å². The van der Waals surface area contributed by atoms with Gasteiger partial charge in [-0.15, -0.1) is 0 Å². The Labute approximate surface area is 163 Å². The number of piperidine rings is 3. The molecule has 2 aromatic rings. The number of rotatable bonds is 5. The zero-order valence-electron chi connectivity index (χ0n) is 16.0. The van der Waals surface area contributed by atoms with Crippen molar-refractivity contribution in [3.63, 3.8) is 0 Å². The first-order valence-corrected chi connectivity index (χ1v) is 9.56. The van der Waals surface area contributed by atoms with E-state index in [0.717, 1.165) is 25.9 Å². The van der Waals surface area contributed by atoms with Crippen molar-refractivity contribution in [1.29, 1.82) is 0 Å². The molecule has 3 aliphatic rings. The maximum absolute atomic E-state index is 12.7. The van der Waals surface area contributed by atoms with Gasteiger partial charge in [0.25, 0.3) is 5.91 Å². The van der Waals surface area contributed by atoms with E-state index in [1.54, 1.807) is 24.3 Å². The number of fused-ring (bicyclic) bond motifs is 3. The summed E-state index contributed by atoms with van der Waals surface area (Å²) in [5.74, 6) is 0.891. The number of carbonyl (C=O) groups is 2. The van der Waals surface area contributed by atoms with Crippen molar-refractivity contribution in [3.05, 3.63) is 36.0 Å². The van der Waals surface area contributed by atoms with Gasteiger partial charge in [-0.1, -0.05) is 0 Å². The van der Waals surface area contributed by atoms with Crippen molar-refractivity contribution in [2.45, 2.75) is 38.8 Å². The molecule has 5 rings (SSSR count). The topological polar surface area (TPSA) is 96.7 Å². The van der Waals surface area contributed by atoms with Gasteiger partial charge in [0.05, 0.1) is 0 Å². The summed E-state index contributed by atoms with van der Waals surface area (Å²) in [6.45, 7) is 5.83. The molecular weight excluding hydrogens is 360 g/mol. The lowest BCUT2D eigenvalue weighted by molar-refractivity contribution is -0.114. The van der Waals surface area contributed by atoms with E-state index in [9.17, 15) is 9.59 Å². The first-order valence-electron chi connectivity index (χ1n) is 9.56. The lowest BCUT2D eigenvalue weighted by Gasteiger charge is -2.49. The summed E-state index contributed by atoms with van der Waals surface area (Å²) in [4.78, 5) is 30.0. The summed E-state index contributed by atoms with van der Waals surface area (Å²) in [7, 11) is 0. The molecule has 2 bridgehead atoms. The van der Waals surface area contributed by atoms with Gasteiger partial charge < -0.3 is 14.5 Å². The molecule has 3 saturated heterocycles. The molecule has 8 nitrogen and oxygen atoms in total. The van der Waals surface area contributed by atoms with Gasteiger partial charge in [0, 0.05) is 24.6 Å². The van der Waals surface area contributed by atoms with Crippen molar-refractivity contribution in [1.82, 2.24) is 15.2 Å². The van der Waals surface area contributed by atoms with Gasteiger partial charge in [-0.05, 0) is 63.0 Å². The molecule has 3 fully saturated rings. The Balaban J connectivity index is 1.37. The van der Waals surface area contributed by atoms with Crippen LogP contribution in [0.25, 0.3) is 0 Å². The highest BCUT2D eigenvalue weighted by Crippen LogP contribution is 2.32. The third kappa shape index (κ3) is 3.87. The third-order valence-electron chi connectivity index (χ3n) is 5.58. The highest BCUT2D eigenvalue weighted by molar-refractivity contribution is 5.94. The molecule has 2 atom stereocenters. The van der Waals surface area contributed by atoms with Gasteiger partial charge in [-0.3, -0.25) is 19.8 Å². The number of anilines is 1. The Hall–Kier alpha value is -2.87. The summed E-state index contributed by atoms with van der Waals surface area (Å²) >= 11 is 0. The molecule has 148 valence electrons. The molecular formula is C20H24N4O4. The van der Waals surface area contributed by atoms with E-state index in [1.165, 1.54) is 13.1 Å². The Morgan fingerprint density at radius 2 is 1.93 bits per heavy atom.